The molecule has 0 amide bonds. The van der Waals surface area contributed by atoms with Crippen LogP contribution in [0.1, 0.15) is 52.4 Å². The zero-order valence-electron chi connectivity index (χ0n) is 14.0. The quantitative estimate of drug-likeness (QED) is 0.459. The van der Waals surface area contributed by atoms with Crippen LogP contribution in [0.4, 0.5) is 17.1 Å². The number of hydrogen-bond donors (Lipinski definition) is 0. The lowest BCUT2D eigenvalue weighted by atomic mass is 9.95. The molecule has 2 atom stereocenters. The van der Waals surface area contributed by atoms with Crippen LogP contribution in [0.5, 0.6) is 0 Å². The van der Waals surface area contributed by atoms with Crippen molar-refractivity contribution in [1.82, 2.24) is 5.01 Å². The van der Waals surface area contributed by atoms with Gasteiger partial charge in [-0.2, -0.15) is 5.01 Å². The number of non-ortho nitro benzene ring substituents is 1. The van der Waals surface area contributed by atoms with Crippen molar-refractivity contribution >= 4 is 17.1 Å². The molecule has 2 unspecified atom stereocenters. The van der Waals surface area contributed by atoms with Crippen LogP contribution in [0.2, 0.25) is 0 Å². The Balaban J connectivity index is 1.98. The average molecular weight is 334 g/mol. The normalized spacial score (nSPS) is 27.1. The molecule has 1 aliphatic heterocycles. The Morgan fingerprint density at radius 3 is 2.38 bits per heavy atom. The summed E-state index contributed by atoms with van der Waals surface area (Å²) in [6, 6.07) is 4.30. The van der Waals surface area contributed by atoms with Gasteiger partial charge >= 0.3 is 5.69 Å². The number of anilines is 1. The molecule has 0 N–H and O–H groups in total. The van der Waals surface area contributed by atoms with Gasteiger partial charge in [-0.05, 0) is 32.3 Å². The lowest BCUT2D eigenvalue weighted by Gasteiger charge is -2.23. The van der Waals surface area contributed by atoms with Crippen molar-refractivity contribution in [3.8, 4) is 0 Å². The first-order chi connectivity index (χ1) is 11.4. The number of nitro benzene ring substituents is 2. The van der Waals surface area contributed by atoms with E-state index in [2.05, 4.69) is 18.9 Å². The molecule has 2 aliphatic rings. The van der Waals surface area contributed by atoms with Crippen LogP contribution in [0.3, 0.4) is 0 Å². The average Bonchev–Trinajstić information content (AvgIpc) is 3.21. The maximum atomic E-state index is 11.4. The van der Waals surface area contributed by atoms with Gasteiger partial charge in [0, 0.05) is 12.1 Å². The second kappa shape index (κ2) is 6.01. The van der Waals surface area contributed by atoms with Crippen LogP contribution in [0.15, 0.2) is 18.2 Å². The van der Waals surface area contributed by atoms with Gasteiger partial charge in [0.25, 0.3) is 5.69 Å². The summed E-state index contributed by atoms with van der Waals surface area (Å²) >= 11 is 0. The first-order valence-corrected chi connectivity index (χ1v) is 8.42. The molecule has 1 aromatic rings. The van der Waals surface area contributed by atoms with Crippen molar-refractivity contribution < 1.29 is 9.85 Å². The third-order valence-electron chi connectivity index (χ3n) is 5.31. The van der Waals surface area contributed by atoms with Gasteiger partial charge in [0.15, 0.2) is 0 Å². The van der Waals surface area contributed by atoms with Crippen LogP contribution >= 0.6 is 0 Å². The molecule has 1 saturated heterocycles. The molecule has 3 rings (SSSR count). The number of nitro groups is 2. The predicted octanol–water partition coefficient (Wildman–Crippen LogP) is 4.00. The summed E-state index contributed by atoms with van der Waals surface area (Å²) in [7, 11) is 0. The predicted molar refractivity (Wildman–Crippen MR) is 89.6 cm³/mol. The van der Waals surface area contributed by atoms with Crippen molar-refractivity contribution in [2.75, 3.05) is 5.01 Å². The molecular formula is C16H22N4O4. The Bertz CT molecular complexity index is 674. The maximum absolute atomic E-state index is 11.4. The molecule has 2 fully saturated rings. The minimum atomic E-state index is -0.600. The summed E-state index contributed by atoms with van der Waals surface area (Å²) in [5.74, 6) is 0. The first kappa shape index (κ1) is 16.6. The third-order valence-corrected chi connectivity index (χ3v) is 5.31. The molecule has 0 spiro atoms. The molecule has 8 heteroatoms. The summed E-state index contributed by atoms with van der Waals surface area (Å²) in [6.45, 7) is 4.14. The number of hydrogen-bond acceptors (Lipinski definition) is 6. The molecule has 0 radical (unpaired) electrons. The van der Waals surface area contributed by atoms with Gasteiger partial charge in [0.2, 0.25) is 0 Å². The largest absolute Gasteiger partial charge is 0.300 e. The standard InChI is InChI=1S/C16H22N4O4/c1-3-16(2)17(12-7-5-4-6-8-12)18(16)14-10-9-13(19(21)22)11-15(14)20(23)24/h9-12H,3-8H2,1-2H3. The van der Waals surface area contributed by atoms with E-state index in [1.807, 2.05) is 5.01 Å². The molecule has 0 bridgehead atoms. The van der Waals surface area contributed by atoms with E-state index in [4.69, 9.17) is 0 Å². The summed E-state index contributed by atoms with van der Waals surface area (Å²) in [5.41, 5.74) is -0.277. The van der Waals surface area contributed by atoms with Crippen LogP contribution in [-0.2, 0) is 0 Å². The van der Waals surface area contributed by atoms with Gasteiger partial charge in [-0.25, -0.2) is 0 Å². The van der Waals surface area contributed by atoms with Gasteiger partial charge in [0.1, 0.15) is 11.4 Å². The van der Waals surface area contributed by atoms with Gasteiger partial charge in [0.05, 0.1) is 15.9 Å². The highest BCUT2D eigenvalue weighted by atomic mass is 16.6. The zero-order chi connectivity index (χ0) is 17.5. The molecule has 130 valence electrons. The number of benzene rings is 1. The van der Waals surface area contributed by atoms with Crippen molar-refractivity contribution in [2.24, 2.45) is 0 Å². The van der Waals surface area contributed by atoms with E-state index in [1.54, 1.807) is 0 Å². The van der Waals surface area contributed by atoms with Crippen molar-refractivity contribution in [2.45, 2.75) is 64.1 Å². The van der Waals surface area contributed by atoms with E-state index in [0.29, 0.717) is 11.7 Å². The lowest BCUT2D eigenvalue weighted by Crippen LogP contribution is -2.27. The third kappa shape index (κ3) is 2.60. The highest BCUT2D eigenvalue weighted by molar-refractivity contribution is 5.70. The number of nitrogens with zero attached hydrogens (tertiary/aromatic N) is 4. The molecule has 1 aliphatic carbocycles. The maximum Gasteiger partial charge on any atom is 0.300 e. The van der Waals surface area contributed by atoms with E-state index in [-0.39, 0.29) is 17.0 Å². The van der Waals surface area contributed by atoms with Crippen LogP contribution in [0.25, 0.3) is 0 Å². The smallest absolute Gasteiger partial charge is 0.275 e. The fraction of sp³-hybridized carbons (Fsp3) is 0.625. The van der Waals surface area contributed by atoms with Gasteiger partial charge in [-0.15, -0.1) is 0 Å². The fourth-order valence-electron chi connectivity index (χ4n) is 3.87. The van der Waals surface area contributed by atoms with E-state index in [0.717, 1.165) is 25.3 Å². The van der Waals surface area contributed by atoms with Gasteiger partial charge in [-0.1, -0.05) is 26.2 Å². The zero-order valence-corrected chi connectivity index (χ0v) is 14.0. The molecule has 1 saturated carbocycles. The van der Waals surface area contributed by atoms with Crippen molar-refractivity contribution in [3.63, 3.8) is 0 Å². The van der Waals surface area contributed by atoms with Crippen LogP contribution < -0.4 is 5.01 Å². The topological polar surface area (TPSA) is 92.3 Å². The number of rotatable bonds is 5. The van der Waals surface area contributed by atoms with Crippen LogP contribution in [-0.4, -0.2) is 26.6 Å². The Hall–Kier alpha value is -2.22. The van der Waals surface area contributed by atoms with Gasteiger partial charge < -0.3 is 0 Å². The summed E-state index contributed by atoms with van der Waals surface area (Å²) in [6.07, 6.45) is 6.61. The molecule has 8 nitrogen and oxygen atoms in total. The van der Waals surface area contributed by atoms with E-state index >= 15 is 0 Å². The Kier molecular flexibility index (Phi) is 4.16. The SMILES string of the molecule is CCC1(C)N(c2ccc([N+](=O)[O-])cc2[N+](=O)[O-])N1C1CCCCC1. The minimum absolute atomic E-state index is 0.206. The van der Waals surface area contributed by atoms with Gasteiger partial charge in [-0.3, -0.25) is 25.2 Å². The Morgan fingerprint density at radius 1 is 1.17 bits per heavy atom. The second-order valence-electron chi connectivity index (χ2n) is 6.71. The summed E-state index contributed by atoms with van der Waals surface area (Å²) < 4.78 is 0. The van der Waals surface area contributed by atoms with E-state index < -0.39 is 9.85 Å². The van der Waals surface area contributed by atoms with Crippen molar-refractivity contribution in [3.05, 3.63) is 38.4 Å². The lowest BCUT2D eigenvalue weighted by molar-refractivity contribution is -0.393. The van der Waals surface area contributed by atoms with E-state index in [1.165, 1.54) is 31.4 Å². The summed E-state index contributed by atoms with van der Waals surface area (Å²) in [4.78, 5) is 21.2. The molecule has 1 heterocycles. The summed E-state index contributed by atoms with van der Waals surface area (Å²) in [5, 5.41) is 26.6. The second-order valence-corrected chi connectivity index (χ2v) is 6.71. The molecule has 1 aromatic carbocycles. The van der Waals surface area contributed by atoms with Crippen molar-refractivity contribution in [1.29, 1.82) is 0 Å². The monoisotopic (exact) mass is 334 g/mol. The molecular weight excluding hydrogens is 312 g/mol. The Morgan fingerprint density at radius 2 is 1.83 bits per heavy atom. The van der Waals surface area contributed by atoms with E-state index in [9.17, 15) is 20.2 Å². The fourth-order valence-corrected chi connectivity index (χ4v) is 3.87. The Labute approximate surface area is 140 Å². The first-order valence-electron chi connectivity index (χ1n) is 8.42. The minimum Gasteiger partial charge on any atom is -0.275 e. The highest BCUT2D eigenvalue weighted by Gasteiger charge is 2.60. The molecule has 24 heavy (non-hydrogen) atoms. The highest BCUT2D eigenvalue weighted by Crippen LogP contribution is 2.52. The van der Waals surface area contributed by atoms with Crippen LogP contribution in [0, 0.1) is 20.2 Å². The molecule has 0 aromatic heterocycles. The number of hydrazine groups is 1.